The molecule has 2 saturated heterocycles. The lowest BCUT2D eigenvalue weighted by atomic mass is 9.89. The van der Waals surface area contributed by atoms with E-state index in [1.807, 2.05) is 6.20 Å². The number of nitrogens with zero attached hydrogens (tertiary/aromatic N) is 4. The fourth-order valence-electron chi connectivity index (χ4n) is 4.87. The lowest BCUT2D eigenvalue weighted by Crippen LogP contribution is -2.33. The molecule has 0 spiro atoms. The fraction of sp³-hybridized carbons (Fsp3) is 0.778. The monoisotopic (exact) mass is 300 g/mol. The Bertz CT molecular complexity index is 498. The zero-order valence-electron chi connectivity index (χ0n) is 13.7. The van der Waals surface area contributed by atoms with Crippen LogP contribution in [0.4, 0.5) is 5.82 Å². The van der Waals surface area contributed by atoms with Gasteiger partial charge in [0, 0.05) is 44.5 Å². The van der Waals surface area contributed by atoms with Gasteiger partial charge in [-0.2, -0.15) is 0 Å². The number of rotatable bonds is 3. The Morgan fingerprint density at radius 1 is 1.05 bits per heavy atom. The van der Waals surface area contributed by atoms with Crippen molar-refractivity contribution >= 4 is 5.82 Å². The van der Waals surface area contributed by atoms with Gasteiger partial charge in [-0.15, -0.1) is 0 Å². The number of hydrogen-bond donors (Lipinski definition) is 0. The molecule has 3 aliphatic rings. The predicted molar refractivity (Wildman–Crippen MR) is 89.0 cm³/mol. The molecule has 0 radical (unpaired) electrons. The van der Waals surface area contributed by atoms with Crippen molar-refractivity contribution in [3.05, 3.63) is 18.1 Å². The van der Waals surface area contributed by atoms with Crippen molar-refractivity contribution in [1.29, 1.82) is 0 Å². The van der Waals surface area contributed by atoms with Gasteiger partial charge in [-0.1, -0.05) is 19.3 Å². The standard InChI is InChI=1S/C18H28N4/c1-14-7-19-13-20-18(14)22-11-16-9-21(10-17(16)12-22)8-15-5-3-2-4-6-15/h7,13,15-17H,2-6,8-12H2,1H3. The van der Waals surface area contributed by atoms with Crippen molar-refractivity contribution in [3.63, 3.8) is 0 Å². The average molecular weight is 300 g/mol. The quantitative estimate of drug-likeness (QED) is 0.859. The topological polar surface area (TPSA) is 32.3 Å². The molecular weight excluding hydrogens is 272 g/mol. The smallest absolute Gasteiger partial charge is 0.134 e. The van der Waals surface area contributed by atoms with Gasteiger partial charge in [-0.25, -0.2) is 9.97 Å². The largest absolute Gasteiger partial charge is 0.356 e. The van der Waals surface area contributed by atoms with Crippen LogP contribution in [-0.2, 0) is 0 Å². The Kier molecular flexibility index (Phi) is 4.03. The molecule has 2 atom stereocenters. The zero-order valence-corrected chi connectivity index (χ0v) is 13.7. The molecule has 0 bridgehead atoms. The summed E-state index contributed by atoms with van der Waals surface area (Å²) in [6.07, 6.45) is 11.0. The van der Waals surface area contributed by atoms with Gasteiger partial charge in [-0.05, 0) is 37.5 Å². The van der Waals surface area contributed by atoms with Crippen molar-refractivity contribution in [2.45, 2.75) is 39.0 Å². The molecule has 22 heavy (non-hydrogen) atoms. The van der Waals surface area contributed by atoms with Crippen LogP contribution in [0.1, 0.15) is 37.7 Å². The van der Waals surface area contributed by atoms with Crippen LogP contribution in [0.2, 0.25) is 0 Å². The highest BCUT2D eigenvalue weighted by Gasteiger charge is 2.41. The zero-order chi connectivity index (χ0) is 14.9. The summed E-state index contributed by atoms with van der Waals surface area (Å²) in [5, 5.41) is 0. The van der Waals surface area contributed by atoms with Crippen LogP contribution < -0.4 is 4.90 Å². The minimum Gasteiger partial charge on any atom is -0.356 e. The Labute approximate surface area is 133 Å². The maximum atomic E-state index is 4.50. The second-order valence-corrected chi connectivity index (χ2v) is 7.68. The second-order valence-electron chi connectivity index (χ2n) is 7.68. The van der Waals surface area contributed by atoms with E-state index in [4.69, 9.17) is 0 Å². The number of hydrogen-bond acceptors (Lipinski definition) is 4. The van der Waals surface area contributed by atoms with Crippen molar-refractivity contribution < 1.29 is 0 Å². The molecule has 0 aromatic carbocycles. The fourth-order valence-corrected chi connectivity index (χ4v) is 4.87. The van der Waals surface area contributed by atoms with Crippen LogP contribution in [0.5, 0.6) is 0 Å². The SMILES string of the molecule is Cc1cncnc1N1CC2CN(CC3CCCCC3)CC2C1. The highest BCUT2D eigenvalue weighted by atomic mass is 15.3. The second kappa shape index (κ2) is 6.15. The van der Waals surface area contributed by atoms with E-state index < -0.39 is 0 Å². The first-order valence-electron chi connectivity index (χ1n) is 9.03. The third kappa shape index (κ3) is 2.85. The summed E-state index contributed by atoms with van der Waals surface area (Å²) in [7, 11) is 0. The highest BCUT2D eigenvalue weighted by molar-refractivity contribution is 5.46. The Balaban J connectivity index is 1.33. The molecule has 3 heterocycles. The van der Waals surface area contributed by atoms with E-state index in [2.05, 4.69) is 26.7 Å². The number of aryl methyl sites for hydroxylation is 1. The molecule has 3 fully saturated rings. The van der Waals surface area contributed by atoms with E-state index in [0.717, 1.165) is 23.6 Å². The number of fused-ring (bicyclic) bond motifs is 1. The molecular formula is C18H28N4. The summed E-state index contributed by atoms with van der Waals surface area (Å²) in [5.74, 6) is 3.83. The van der Waals surface area contributed by atoms with Gasteiger partial charge in [0.15, 0.2) is 0 Å². The molecule has 2 unspecified atom stereocenters. The Morgan fingerprint density at radius 2 is 1.77 bits per heavy atom. The van der Waals surface area contributed by atoms with Gasteiger partial charge in [0.05, 0.1) is 0 Å². The van der Waals surface area contributed by atoms with E-state index >= 15 is 0 Å². The van der Waals surface area contributed by atoms with Crippen LogP contribution in [0.15, 0.2) is 12.5 Å². The number of anilines is 1. The van der Waals surface area contributed by atoms with E-state index in [1.54, 1.807) is 6.33 Å². The van der Waals surface area contributed by atoms with Gasteiger partial charge in [0.25, 0.3) is 0 Å². The third-order valence-electron chi connectivity index (χ3n) is 5.97. The van der Waals surface area contributed by atoms with Crippen LogP contribution >= 0.6 is 0 Å². The lowest BCUT2D eigenvalue weighted by Gasteiger charge is -2.28. The first-order valence-corrected chi connectivity index (χ1v) is 9.03. The van der Waals surface area contributed by atoms with Gasteiger partial charge < -0.3 is 9.80 Å². The normalized spacial score (nSPS) is 30.0. The van der Waals surface area contributed by atoms with Crippen molar-refractivity contribution in [2.75, 3.05) is 37.6 Å². The third-order valence-corrected chi connectivity index (χ3v) is 5.97. The van der Waals surface area contributed by atoms with Crippen LogP contribution in [0.3, 0.4) is 0 Å². The van der Waals surface area contributed by atoms with Gasteiger partial charge in [0.2, 0.25) is 0 Å². The van der Waals surface area contributed by atoms with Crippen LogP contribution in [-0.4, -0.2) is 47.6 Å². The molecule has 120 valence electrons. The summed E-state index contributed by atoms with van der Waals surface area (Å²) in [5.41, 5.74) is 1.21. The first-order chi connectivity index (χ1) is 10.8. The summed E-state index contributed by atoms with van der Waals surface area (Å²) in [6, 6.07) is 0. The summed E-state index contributed by atoms with van der Waals surface area (Å²) >= 11 is 0. The van der Waals surface area contributed by atoms with Crippen LogP contribution in [0.25, 0.3) is 0 Å². The molecule has 2 aliphatic heterocycles. The molecule has 0 amide bonds. The maximum absolute atomic E-state index is 4.50. The average Bonchev–Trinajstić information content (AvgIpc) is 3.07. The molecule has 0 N–H and O–H groups in total. The molecule has 1 aliphatic carbocycles. The van der Waals surface area contributed by atoms with Crippen LogP contribution in [0, 0.1) is 24.7 Å². The van der Waals surface area contributed by atoms with E-state index in [9.17, 15) is 0 Å². The van der Waals surface area contributed by atoms with Crippen molar-refractivity contribution in [1.82, 2.24) is 14.9 Å². The summed E-state index contributed by atoms with van der Waals surface area (Å²) < 4.78 is 0. The molecule has 1 aromatic rings. The minimum absolute atomic E-state index is 0.845. The van der Waals surface area contributed by atoms with Gasteiger partial charge >= 0.3 is 0 Å². The van der Waals surface area contributed by atoms with Crippen molar-refractivity contribution in [3.8, 4) is 0 Å². The maximum Gasteiger partial charge on any atom is 0.134 e. The van der Waals surface area contributed by atoms with Gasteiger partial charge in [0.1, 0.15) is 12.1 Å². The van der Waals surface area contributed by atoms with E-state index in [1.165, 1.54) is 70.4 Å². The molecule has 1 saturated carbocycles. The summed E-state index contributed by atoms with van der Waals surface area (Å²) in [4.78, 5) is 13.9. The van der Waals surface area contributed by atoms with E-state index in [0.29, 0.717) is 0 Å². The highest BCUT2D eigenvalue weighted by Crippen LogP contribution is 2.35. The van der Waals surface area contributed by atoms with E-state index in [-0.39, 0.29) is 0 Å². The Hall–Kier alpha value is -1.16. The predicted octanol–water partition coefficient (Wildman–Crippen LogP) is 2.73. The van der Waals surface area contributed by atoms with Gasteiger partial charge in [-0.3, -0.25) is 0 Å². The van der Waals surface area contributed by atoms with Crippen molar-refractivity contribution in [2.24, 2.45) is 17.8 Å². The number of likely N-dealkylation sites (tertiary alicyclic amines) is 1. The summed E-state index contributed by atoms with van der Waals surface area (Å²) in [6.45, 7) is 8.47. The molecule has 1 aromatic heterocycles. The number of aromatic nitrogens is 2. The molecule has 4 rings (SSSR count). The Morgan fingerprint density at radius 3 is 2.45 bits per heavy atom. The molecule has 4 heteroatoms. The first kappa shape index (κ1) is 14.4. The molecule has 4 nitrogen and oxygen atoms in total. The minimum atomic E-state index is 0.845. The lowest BCUT2D eigenvalue weighted by molar-refractivity contribution is 0.224.